The normalized spacial score (nSPS) is 30.9. The van der Waals surface area contributed by atoms with Crippen molar-refractivity contribution < 1.29 is 19.1 Å². The fraction of sp³-hybridized carbons (Fsp3) is 0.462. The van der Waals surface area contributed by atoms with Crippen LogP contribution < -0.4 is 31.7 Å². The molecule has 36 heavy (non-hydrogen) atoms. The number of carbonyl (C=O) groups excluding carboxylic acids is 1. The molecule has 3 heterocycles. The van der Waals surface area contributed by atoms with Crippen molar-refractivity contribution in [3.8, 4) is 0 Å². The van der Waals surface area contributed by atoms with Gasteiger partial charge in [0.25, 0.3) is 0 Å². The van der Waals surface area contributed by atoms with Crippen molar-refractivity contribution in [2.45, 2.75) is 37.6 Å². The van der Waals surface area contributed by atoms with Gasteiger partial charge >= 0.3 is 5.97 Å². The number of piperidine rings is 1. The number of hydrazine groups is 1. The minimum atomic E-state index is -0.656. The molecule has 0 aromatic heterocycles. The zero-order chi connectivity index (χ0) is 24.9. The number of benzene rings is 2. The first-order chi connectivity index (χ1) is 17.4. The van der Waals surface area contributed by atoms with Crippen LogP contribution in [0.4, 0.5) is 15.8 Å². The molecular formula is C26H31FN6O3. The Morgan fingerprint density at radius 2 is 1.78 bits per heavy atom. The monoisotopic (exact) mass is 494 g/mol. The standard InChI is InChI=1S/C26H31FN6O3/c27-16-3-1-15(2-4-16)22-30-20-14-28-32-24(34)21(20)23(31-22)29-17-5-7-18(8-6-17)33-11-9-26(10-12-33)13-19(26)25(35)36/h1-8,19-23,28-31H,9-14H2,(H,32,34)(H,35,36). The smallest absolute Gasteiger partial charge is 0.307 e. The molecule has 4 fully saturated rings. The molecule has 5 atom stereocenters. The third kappa shape index (κ3) is 4.29. The summed E-state index contributed by atoms with van der Waals surface area (Å²) < 4.78 is 13.5. The number of carboxylic acid groups (broad SMARTS) is 1. The van der Waals surface area contributed by atoms with E-state index >= 15 is 0 Å². The van der Waals surface area contributed by atoms with Gasteiger partial charge in [0.05, 0.1) is 24.2 Å². The molecule has 10 heteroatoms. The Bertz CT molecular complexity index is 1140. The second-order valence-electron chi connectivity index (χ2n) is 10.4. The molecule has 6 rings (SSSR count). The molecule has 1 amide bonds. The first kappa shape index (κ1) is 23.2. The van der Waals surface area contributed by atoms with Gasteiger partial charge in [-0.1, -0.05) is 12.1 Å². The van der Waals surface area contributed by atoms with Gasteiger partial charge < -0.3 is 15.3 Å². The van der Waals surface area contributed by atoms with Crippen LogP contribution in [0, 0.1) is 23.1 Å². The molecule has 3 saturated heterocycles. The van der Waals surface area contributed by atoms with Gasteiger partial charge in [-0.3, -0.25) is 25.6 Å². The van der Waals surface area contributed by atoms with Gasteiger partial charge in [0, 0.05) is 37.1 Å². The van der Waals surface area contributed by atoms with Crippen LogP contribution in [0.25, 0.3) is 0 Å². The third-order valence-corrected chi connectivity index (χ3v) is 8.36. The van der Waals surface area contributed by atoms with E-state index in [4.69, 9.17) is 0 Å². The van der Waals surface area contributed by atoms with E-state index in [9.17, 15) is 19.1 Å². The van der Waals surface area contributed by atoms with Crippen LogP contribution in [-0.2, 0) is 9.59 Å². The van der Waals surface area contributed by atoms with Crippen LogP contribution >= 0.6 is 0 Å². The summed E-state index contributed by atoms with van der Waals surface area (Å²) in [4.78, 5) is 26.4. The summed E-state index contributed by atoms with van der Waals surface area (Å²) in [5, 5.41) is 19.8. The minimum absolute atomic E-state index is 0.0115. The molecule has 3 aliphatic heterocycles. The summed E-state index contributed by atoms with van der Waals surface area (Å²) in [7, 11) is 0. The van der Waals surface area contributed by atoms with Crippen molar-refractivity contribution in [1.29, 1.82) is 0 Å². The molecular weight excluding hydrogens is 463 g/mol. The van der Waals surface area contributed by atoms with Crippen LogP contribution in [0.1, 0.15) is 31.0 Å². The highest BCUT2D eigenvalue weighted by molar-refractivity contribution is 5.81. The van der Waals surface area contributed by atoms with Crippen molar-refractivity contribution in [2.75, 3.05) is 29.9 Å². The molecule has 1 saturated carbocycles. The maximum atomic E-state index is 13.5. The first-order valence-electron chi connectivity index (χ1n) is 12.6. The lowest BCUT2D eigenvalue weighted by atomic mass is 9.89. The molecule has 6 N–H and O–H groups in total. The number of carbonyl (C=O) groups is 2. The summed E-state index contributed by atoms with van der Waals surface area (Å²) >= 11 is 0. The summed E-state index contributed by atoms with van der Waals surface area (Å²) in [6, 6.07) is 14.4. The average molecular weight is 495 g/mol. The molecule has 0 radical (unpaired) electrons. The van der Waals surface area contributed by atoms with Crippen LogP contribution in [0.2, 0.25) is 0 Å². The van der Waals surface area contributed by atoms with Crippen molar-refractivity contribution in [1.82, 2.24) is 21.5 Å². The first-order valence-corrected chi connectivity index (χ1v) is 12.6. The van der Waals surface area contributed by atoms with Gasteiger partial charge in [0.2, 0.25) is 5.91 Å². The van der Waals surface area contributed by atoms with E-state index < -0.39 is 5.97 Å². The van der Waals surface area contributed by atoms with Gasteiger partial charge in [-0.05, 0) is 66.6 Å². The molecule has 5 unspecified atom stereocenters. The zero-order valence-corrected chi connectivity index (χ0v) is 19.8. The van der Waals surface area contributed by atoms with Crippen LogP contribution in [0.5, 0.6) is 0 Å². The number of halogens is 1. The number of aliphatic carboxylic acids is 1. The Morgan fingerprint density at radius 3 is 2.44 bits per heavy atom. The minimum Gasteiger partial charge on any atom is -0.481 e. The Hall–Kier alpha value is -3.21. The third-order valence-electron chi connectivity index (χ3n) is 8.36. The molecule has 4 aliphatic rings. The Labute approximate surface area is 208 Å². The number of nitrogens with one attached hydrogen (secondary N) is 5. The number of hydrogen-bond donors (Lipinski definition) is 6. The highest BCUT2D eigenvalue weighted by Gasteiger charge is 2.58. The predicted molar refractivity (Wildman–Crippen MR) is 132 cm³/mol. The van der Waals surface area contributed by atoms with Crippen LogP contribution in [0.3, 0.4) is 0 Å². The van der Waals surface area contributed by atoms with E-state index in [0.717, 1.165) is 49.3 Å². The number of anilines is 2. The summed E-state index contributed by atoms with van der Waals surface area (Å²) in [6.07, 6.45) is 2.07. The van der Waals surface area contributed by atoms with Crippen molar-refractivity contribution in [2.24, 2.45) is 17.3 Å². The van der Waals surface area contributed by atoms with E-state index in [-0.39, 0.29) is 47.3 Å². The zero-order valence-electron chi connectivity index (χ0n) is 19.8. The van der Waals surface area contributed by atoms with E-state index in [2.05, 4.69) is 43.8 Å². The van der Waals surface area contributed by atoms with Gasteiger partial charge in [-0.2, -0.15) is 0 Å². The maximum absolute atomic E-state index is 13.5. The number of carboxylic acids is 1. The molecule has 9 nitrogen and oxygen atoms in total. The van der Waals surface area contributed by atoms with Gasteiger partial charge in [-0.15, -0.1) is 0 Å². The largest absolute Gasteiger partial charge is 0.481 e. The molecule has 1 aliphatic carbocycles. The summed E-state index contributed by atoms with van der Waals surface area (Å²) in [5.41, 5.74) is 8.59. The molecule has 2 aromatic rings. The van der Waals surface area contributed by atoms with E-state index in [1.165, 1.54) is 12.1 Å². The molecule has 0 bridgehead atoms. The molecule has 1 spiro atoms. The maximum Gasteiger partial charge on any atom is 0.307 e. The Morgan fingerprint density at radius 1 is 1.06 bits per heavy atom. The molecule has 190 valence electrons. The van der Waals surface area contributed by atoms with E-state index in [0.29, 0.717) is 6.54 Å². The fourth-order valence-electron chi connectivity index (χ4n) is 6.12. The number of nitrogens with zero attached hydrogens (tertiary/aromatic N) is 1. The lowest BCUT2D eigenvalue weighted by Crippen LogP contribution is -2.71. The van der Waals surface area contributed by atoms with E-state index in [1.807, 2.05) is 12.1 Å². The SMILES string of the molecule is O=C1NNCC2NC(c3ccc(F)cc3)NC(Nc3ccc(N4CCC5(CC4)CC5C(=O)O)cc3)C12. The Kier molecular flexibility index (Phi) is 5.82. The van der Waals surface area contributed by atoms with Crippen LogP contribution in [0.15, 0.2) is 48.5 Å². The van der Waals surface area contributed by atoms with Crippen molar-refractivity contribution in [3.63, 3.8) is 0 Å². The predicted octanol–water partition coefficient (Wildman–Crippen LogP) is 1.77. The van der Waals surface area contributed by atoms with Gasteiger partial charge in [-0.25, -0.2) is 9.82 Å². The van der Waals surface area contributed by atoms with Crippen molar-refractivity contribution in [3.05, 3.63) is 59.9 Å². The second kappa shape index (κ2) is 9.02. The number of fused-ring (bicyclic) bond motifs is 1. The number of hydrogen-bond acceptors (Lipinski definition) is 7. The fourth-order valence-corrected chi connectivity index (χ4v) is 6.12. The van der Waals surface area contributed by atoms with Crippen LogP contribution in [-0.4, -0.2) is 48.8 Å². The lowest BCUT2D eigenvalue weighted by Gasteiger charge is -2.46. The number of amides is 1. The Balaban J connectivity index is 1.14. The lowest BCUT2D eigenvalue weighted by molar-refractivity contribution is -0.139. The summed E-state index contributed by atoms with van der Waals surface area (Å²) in [6.45, 7) is 2.30. The van der Waals surface area contributed by atoms with E-state index in [1.54, 1.807) is 12.1 Å². The highest BCUT2D eigenvalue weighted by atomic mass is 19.1. The second-order valence-corrected chi connectivity index (χ2v) is 10.4. The topological polar surface area (TPSA) is 118 Å². The molecule has 2 aromatic carbocycles. The number of rotatable bonds is 5. The summed E-state index contributed by atoms with van der Waals surface area (Å²) in [5.74, 6) is -1.56. The van der Waals surface area contributed by atoms with Crippen molar-refractivity contribution >= 4 is 23.3 Å². The van der Waals surface area contributed by atoms with Gasteiger partial charge in [0.15, 0.2) is 0 Å². The van der Waals surface area contributed by atoms with Gasteiger partial charge in [0.1, 0.15) is 5.82 Å². The highest BCUT2D eigenvalue weighted by Crippen LogP contribution is 2.59. The quantitative estimate of drug-likeness (QED) is 0.373. The average Bonchev–Trinajstić information content (AvgIpc) is 3.59.